The van der Waals surface area contributed by atoms with Gasteiger partial charge in [0, 0.05) is 5.92 Å². The molecule has 1 amide bonds. The van der Waals surface area contributed by atoms with Crippen molar-refractivity contribution >= 4 is 5.91 Å². The number of aromatic nitrogens is 1. The Bertz CT molecular complexity index is 756. The van der Waals surface area contributed by atoms with E-state index in [1.165, 1.54) is 0 Å². The summed E-state index contributed by atoms with van der Waals surface area (Å²) in [6.45, 7) is 0.409. The third-order valence-electron chi connectivity index (χ3n) is 4.03. The summed E-state index contributed by atoms with van der Waals surface area (Å²) >= 11 is 0. The smallest absolute Gasteiger partial charge is 0.315 e. The van der Waals surface area contributed by atoms with Crippen LogP contribution in [0, 0.1) is 0 Å². The Labute approximate surface area is 130 Å². The lowest BCUT2D eigenvalue weighted by molar-refractivity contribution is -0.151. The number of oxazole rings is 1. The van der Waals surface area contributed by atoms with Gasteiger partial charge >= 0.3 is 5.91 Å². The van der Waals surface area contributed by atoms with Crippen LogP contribution in [-0.4, -0.2) is 16.0 Å². The van der Waals surface area contributed by atoms with Gasteiger partial charge in [0.15, 0.2) is 11.6 Å². The minimum absolute atomic E-state index is 0.0528. The minimum Gasteiger partial charge on any atom is -0.435 e. The van der Waals surface area contributed by atoms with Gasteiger partial charge in [0.1, 0.15) is 6.61 Å². The maximum absolute atomic E-state index is 13.2. The molecule has 1 aromatic carbocycles. The van der Waals surface area contributed by atoms with Crippen LogP contribution in [0.2, 0.25) is 0 Å². The Morgan fingerprint density at radius 1 is 1.26 bits per heavy atom. The van der Waals surface area contributed by atoms with Crippen LogP contribution < -0.4 is 0 Å². The third-order valence-corrected chi connectivity index (χ3v) is 4.03. The number of hydrogen-bond acceptors (Lipinski definition) is 4. The van der Waals surface area contributed by atoms with Crippen LogP contribution in [-0.2, 0) is 18.0 Å². The lowest BCUT2D eigenvalue weighted by Crippen LogP contribution is -2.34. The van der Waals surface area contributed by atoms with E-state index in [4.69, 9.17) is 9.25 Å². The summed E-state index contributed by atoms with van der Waals surface area (Å²) in [5, 5.41) is 1.06. The van der Waals surface area contributed by atoms with Gasteiger partial charge in [0.05, 0.1) is 6.54 Å². The number of rotatable bonds is 3. The van der Waals surface area contributed by atoms with Crippen LogP contribution in [0.5, 0.6) is 0 Å². The third kappa shape index (κ3) is 2.61. The van der Waals surface area contributed by atoms with Gasteiger partial charge < -0.3 is 4.42 Å². The zero-order valence-corrected chi connectivity index (χ0v) is 12.2. The van der Waals surface area contributed by atoms with Crippen LogP contribution in [0.15, 0.2) is 28.7 Å². The highest BCUT2D eigenvalue weighted by Gasteiger charge is 2.36. The van der Waals surface area contributed by atoms with Crippen molar-refractivity contribution in [3.05, 3.63) is 52.7 Å². The van der Waals surface area contributed by atoms with Crippen molar-refractivity contribution in [2.45, 2.75) is 38.3 Å². The Kier molecular flexibility index (Phi) is 3.37. The predicted molar refractivity (Wildman–Crippen MR) is 74.5 cm³/mol. The number of nitrogens with zero attached hydrogens (tertiary/aromatic N) is 2. The molecule has 4 rings (SSSR count). The Hall–Kier alpha value is -2.28. The van der Waals surface area contributed by atoms with E-state index in [0.29, 0.717) is 0 Å². The molecule has 120 valence electrons. The van der Waals surface area contributed by atoms with Crippen molar-refractivity contribution in [3.8, 4) is 0 Å². The fourth-order valence-corrected chi connectivity index (χ4v) is 2.60. The van der Waals surface area contributed by atoms with Gasteiger partial charge in [-0.05, 0) is 24.0 Å². The molecule has 7 heteroatoms. The monoisotopic (exact) mass is 320 g/mol. The maximum Gasteiger partial charge on any atom is 0.315 e. The molecule has 5 nitrogen and oxygen atoms in total. The van der Waals surface area contributed by atoms with E-state index in [1.807, 2.05) is 24.3 Å². The average Bonchev–Trinajstić information content (AvgIpc) is 3.32. The molecule has 1 aliphatic carbocycles. The average molecular weight is 320 g/mol. The summed E-state index contributed by atoms with van der Waals surface area (Å²) in [4.78, 5) is 21.7. The van der Waals surface area contributed by atoms with Gasteiger partial charge in [-0.15, -0.1) is 0 Å². The first-order valence-electron chi connectivity index (χ1n) is 7.44. The molecule has 2 heterocycles. The minimum atomic E-state index is -2.86. The van der Waals surface area contributed by atoms with Crippen molar-refractivity contribution in [2.75, 3.05) is 0 Å². The molecule has 0 bridgehead atoms. The first-order valence-corrected chi connectivity index (χ1v) is 7.44. The normalized spacial score (nSPS) is 17.4. The van der Waals surface area contributed by atoms with Crippen LogP contribution in [0.1, 0.15) is 58.5 Å². The van der Waals surface area contributed by atoms with Crippen molar-refractivity contribution in [3.63, 3.8) is 0 Å². The largest absolute Gasteiger partial charge is 0.435 e. The standard InChI is InChI=1S/C16H14F2N2O3/c17-14(18)12-13(23-15(19-12)9-5-6-9)16(21)20-7-10-3-1-2-4-11(10)8-22-20/h1-4,9,14H,5-8H2. The van der Waals surface area contributed by atoms with E-state index >= 15 is 0 Å². The quantitative estimate of drug-likeness (QED) is 0.867. The van der Waals surface area contributed by atoms with E-state index in [9.17, 15) is 13.6 Å². The fourth-order valence-electron chi connectivity index (χ4n) is 2.60. The van der Waals surface area contributed by atoms with Gasteiger partial charge in [-0.25, -0.2) is 18.8 Å². The summed E-state index contributed by atoms with van der Waals surface area (Å²) in [5.74, 6) is -0.853. The second-order valence-electron chi connectivity index (χ2n) is 5.73. The molecule has 1 aliphatic heterocycles. The zero-order valence-electron chi connectivity index (χ0n) is 12.2. The summed E-state index contributed by atoms with van der Waals surface area (Å²) in [7, 11) is 0. The number of alkyl halides is 2. The highest BCUT2D eigenvalue weighted by molar-refractivity contribution is 5.92. The van der Waals surface area contributed by atoms with Gasteiger partial charge in [0.2, 0.25) is 5.76 Å². The van der Waals surface area contributed by atoms with Crippen LogP contribution in [0.4, 0.5) is 8.78 Å². The molecule has 23 heavy (non-hydrogen) atoms. The number of halogens is 2. The Balaban J connectivity index is 1.62. The first-order chi connectivity index (χ1) is 11.1. The van der Waals surface area contributed by atoms with Crippen molar-refractivity contribution in [2.24, 2.45) is 0 Å². The molecular formula is C16H14F2N2O3. The lowest BCUT2D eigenvalue weighted by atomic mass is 10.1. The molecule has 0 N–H and O–H groups in total. The number of fused-ring (bicyclic) bond motifs is 1. The molecule has 2 aliphatic rings. The van der Waals surface area contributed by atoms with Crippen molar-refractivity contribution in [1.29, 1.82) is 0 Å². The number of carbonyl (C=O) groups is 1. The van der Waals surface area contributed by atoms with E-state index in [-0.39, 0.29) is 25.0 Å². The predicted octanol–water partition coefficient (Wildman–Crippen LogP) is 3.58. The van der Waals surface area contributed by atoms with Crippen molar-refractivity contribution < 1.29 is 22.8 Å². The van der Waals surface area contributed by atoms with Crippen LogP contribution in [0.3, 0.4) is 0 Å². The molecule has 0 radical (unpaired) electrons. The van der Waals surface area contributed by atoms with E-state index in [0.717, 1.165) is 29.0 Å². The SMILES string of the molecule is O=C(c1oc(C2CC2)nc1C(F)F)N1Cc2ccccc2CO1. The topological polar surface area (TPSA) is 55.6 Å². The summed E-state index contributed by atoms with van der Waals surface area (Å²) in [6.07, 6.45) is -1.16. The molecule has 0 spiro atoms. The van der Waals surface area contributed by atoms with Gasteiger partial charge in [-0.3, -0.25) is 9.63 Å². The summed E-state index contributed by atoms with van der Waals surface area (Å²) in [5.41, 5.74) is 1.30. The van der Waals surface area contributed by atoms with Crippen LogP contribution in [0.25, 0.3) is 0 Å². The zero-order chi connectivity index (χ0) is 16.0. The van der Waals surface area contributed by atoms with E-state index in [2.05, 4.69) is 4.98 Å². The summed E-state index contributed by atoms with van der Waals surface area (Å²) < 4.78 is 31.7. The number of carbonyl (C=O) groups excluding carboxylic acids is 1. The van der Waals surface area contributed by atoms with Crippen LogP contribution >= 0.6 is 0 Å². The van der Waals surface area contributed by atoms with E-state index < -0.39 is 23.8 Å². The van der Waals surface area contributed by atoms with E-state index in [1.54, 1.807) is 0 Å². The lowest BCUT2D eigenvalue weighted by Gasteiger charge is -2.27. The molecule has 0 atom stereocenters. The highest BCUT2D eigenvalue weighted by atomic mass is 19.3. The molecule has 1 aromatic heterocycles. The number of benzene rings is 1. The maximum atomic E-state index is 13.2. The van der Waals surface area contributed by atoms with Gasteiger partial charge in [-0.1, -0.05) is 24.3 Å². The Morgan fingerprint density at radius 2 is 2.00 bits per heavy atom. The highest BCUT2D eigenvalue weighted by Crippen LogP contribution is 2.41. The first kappa shape index (κ1) is 14.3. The molecule has 0 saturated heterocycles. The number of hydroxylamine groups is 2. The number of amides is 1. The fraction of sp³-hybridized carbons (Fsp3) is 0.375. The second kappa shape index (κ2) is 5.42. The molecule has 2 aromatic rings. The van der Waals surface area contributed by atoms with Gasteiger partial charge in [-0.2, -0.15) is 0 Å². The summed E-state index contributed by atoms with van der Waals surface area (Å²) in [6, 6.07) is 7.52. The molecular weight excluding hydrogens is 306 g/mol. The second-order valence-corrected chi connectivity index (χ2v) is 5.73. The molecule has 0 unspecified atom stereocenters. The van der Waals surface area contributed by atoms with Crippen molar-refractivity contribution in [1.82, 2.24) is 10.0 Å². The number of hydrogen-bond donors (Lipinski definition) is 0. The molecule has 1 fully saturated rings. The Morgan fingerprint density at radius 3 is 2.70 bits per heavy atom. The molecule has 1 saturated carbocycles. The van der Waals surface area contributed by atoms with Gasteiger partial charge in [0.25, 0.3) is 6.43 Å².